The van der Waals surface area contributed by atoms with E-state index >= 15 is 0 Å². The summed E-state index contributed by atoms with van der Waals surface area (Å²) < 4.78 is 6.10. The number of ether oxygens (including phenoxy) is 1. The molecule has 106 valence electrons. The molecule has 0 amide bonds. The molecule has 20 heavy (non-hydrogen) atoms. The normalized spacial score (nSPS) is 10.9. The molecule has 0 aliphatic rings. The van der Waals surface area contributed by atoms with Crippen molar-refractivity contribution >= 4 is 45.3 Å². The first-order chi connectivity index (χ1) is 9.60. The van der Waals surface area contributed by atoms with E-state index < -0.39 is 0 Å². The van der Waals surface area contributed by atoms with Gasteiger partial charge in [-0.05, 0) is 54.1 Å². The van der Waals surface area contributed by atoms with Gasteiger partial charge in [-0.3, -0.25) is 5.43 Å². The van der Waals surface area contributed by atoms with Gasteiger partial charge in [-0.15, -0.1) is 11.3 Å². The Balaban J connectivity index is 2.12. The molecule has 2 N–H and O–H groups in total. The average molecular weight is 403 g/mol. The Morgan fingerprint density at radius 1 is 1.55 bits per heavy atom. The van der Waals surface area contributed by atoms with E-state index in [0.717, 1.165) is 20.0 Å². The smallest absolute Gasteiger partial charge is 0.203 e. The maximum atomic E-state index is 9.86. The van der Waals surface area contributed by atoms with Gasteiger partial charge in [-0.1, -0.05) is 0 Å². The van der Waals surface area contributed by atoms with Crippen LogP contribution in [0.3, 0.4) is 0 Å². The number of aromatic nitrogens is 1. The molecule has 0 aliphatic carbocycles. The predicted molar refractivity (Wildman–Crippen MR) is 90.1 cm³/mol. The van der Waals surface area contributed by atoms with Gasteiger partial charge in [0.2, 0.25) is 5.13 Å². The van der Waals surface area contributed by atoms with E-state index in [9.17, 15) is 5.11 Å². The molecule has 7 heteroatoms. The first-order valence-corrected chi connectivity index (χ1v) is 7.92. The number of nitrogens with zero attached hydrogens (tertiary/aromatic N) is 2. The summed E-state index contributed by atoms with van der Waals surface area (Å²) in [6, 6.07) is 3.58. The summed E-state index contributed by atoms with van der Waals surface area (Å²) in [5.74, 6) is 0.624. The van der Waals surface area contributed by atoms with Crippen molar-refractivity contribution in [1.82, 2.24) is 4.98 Å². The van der Waals surface area contributed by atoms with Crippen LogP contribution in [0, 0.1) is 10.5 Å². The third-order valence-electron chi connectivity index (χ3n) is 2.34. The average Bonchev–Trinajstić information content (AvgIpc) is 2.81. The van der Waals surface area contributed by atoms with Gasteiger partial charge in [-0.2, -0.15) is 5.10 Å². The lowest BCUT2D eigenvalue weighted by molar-refractivity contribution is 0.317. The highest BCUT2D eigenvalue weighted by molar-refractivity contribution is 14.1. The Bertz CT molecular complexity index is 628. The predicted octanol–water partition coefficient (Wildman–Crippen LogP) is 3.61. The van der Waals surface area contributed by atoms with Crippen molar-refractivity contribution in [2.75, 3.05) is 12.0 Å². The maximum Gasteiger partial charge on any atom is 0.203 e. The Morgan fingerprint density at radius 2 is 2.35 bits per heavy atom. The number of nitrogens with one attached hydrogen (secondary N) is 1. The van der Waals surface area contributed by atoms with Gasteiger partial charge in [0, 0.05) is 5.38 Å². The first kappa shape index (κ1) is 15.0. The number of aryl methyl sites for hydroxylation is 1. The number of benzene rings is 1. The number of rotatable bonds is 5. The van der Waals surface area contributed by atoms with Gasteiger partial charge in [0.15, 0.2) is 11.5 Å². The quantitative estimate of drug-likeness (QED) is 0.455. The van der Waals surface area contributed by atoms with Gasteiger partial charge in [0.1, 0.15) is 0 Å². The SMILES string of the molecule is CCOc1cc(C=NNc2nc(C)cs2)cc(I)c1O. The number of phenols is 1. The fourth-order valence-electron chi connectivity index (χ4n) is 1.50. The van der Waals surface area contributed by atoms with Crippen molar-refractivity contribution in [2.45, 2.75) is 13.8 Å². The minimum absolute atomic E-state index is 0.160. The summed E-state index contributed by atoms with van der Waals surface area (Å²) in [6.07, 6.45) is 1.67. The van der Waals surface area contributed by atoms with Crippen LogP contribution in [0.4, 0.5) is 5.13 Å². The van der Waals surface area contributed by atoms with Crippen molar-refractivity contribution in [3.63, 3.8) is 0 Å². The maximum absolute atomic E-state index is 9.86. The fraction of sp³-hybridized carbons (Fsp3) is 0.231. The number of thiazole rings is 1. The Hall–Kier alpha value is -1.35. The molecule has 0 fully saturated rings. The Kier molecular flexibility index (Phi) is 5.18. The highest BCUT2D eigenvalue weighted by Gasteiger charge is 2.08. The van der Waals surface area contributed by atoms with Gasteiger partial charge in [0.05, 0.1) is 22.1 Å². The Labute approximate surface area is 134 Å². The minimum atomic E-state index is 0.160. The lowest BCUT2D eigenvalue weighted by Gasteiger charge is -2.08. The molecule has 1 aromatic carbocycles. The van der Waals surface area contributed by atoms with E-state index in [0.29, 0.717) is 12.4 Å². The van der Waals surface area contributed by atoms with E-state index in [2.05, 4.69) is 38.1 Å². The van der Waals surface area contributed by atoms with Gasteiger partial charge in [0.25, 0.3) is 0 Å². The van der Waals surface area contributed by atoms with E-state index in [1.54, 1.807) is 12.3 Å². The summed E-state index contributed by atoms with van der Waals surface area (Å²) >= 11 is 3.56. The zero-order valence-corrected chi connectivity index (χ0v) is 14.0. The van der Waals surface area contributed by atoms with Crippen LogP contribution in [0.15, 0.2) is 22.6 Å². The second-order valence-corrected chi connectivity index (χ2v) is 5.97. The van der Waals surface area contributed by atoms with Gasteiger partial charge >= 0.3 is 0 Å². The summed E-state index contributed by atoms with van der Waals surface area (Å²) in [5, 5.41) is 16.7. The lowest BCUT2D eigenvalue weighted by atomic mass is 10.2. The third kappa shape index (κ3) is 3.83. The number of phenolic OH excluding ortho intramolecular Hbond substituents is 1. The molecule has 5 nitrogen and oxygen atoms in total. The van der Waals surface area contributed by atoms with Crippen LogP contribution in [0.2, 0.25) is 0 Å². The second-order valence-electron chi connectivity index (χ2n) is 3.95. The van der Waals surface area contributed by atoms with Crippen LogP contribution in [0.25, 0.3) is 0 Å². The zero-order valence-electron chi connectivity index (χ0n) is 11.1. The van der Waals surface area contributed by atoms with Gasteiger partial charge < -0.3 is 9.84 Å². The summed E-state index contributed by atoms with van der Waals surface area (Å²) in [4.78, 5) is 4.25. The lowest BCUT2D eigenvalue weighted by Crippen LogP contribution is -1.96. The number of anilines is 1. The van der Waals surface area contributed by atoms with Crippen molar-refractivity contribution in [2.24, 2.45) is 5.10 Å². The number of hydrogen-bond donors (Lipinski definition) is 2. The monoisotopic (exact) mass is 403 g/mol. The topological polar surface area (TPSA) is 66.7 Å². The molecule has 2 aromatic rings. The van der Waals surface area contributed by atoms with Crippen molar-refractivity contribution in [3.05, 3.63) is 32.3 Å². The van der Waals surface area contributed by atoms with Crippen LogP contribution >= 0.6 is 33.9 Å². The molecular formula is C13H14IN3O2S. The van der Waals surface area contributed by atoms with E-state index in [1.807, 2.05) is 25.3 Å². The van der Waals surface area contributed by atoms with E-state index in [-0.39, 0.29) is 5.75 Å². The van der Waals surface area contributed by atoms with Crippen LogP contribution < -0.4 is 10.2 Å². The molecule has 0 saturated heterocycles. The molecular weight excluding hydrogens is 389 g/mol. The number of hydrazone groups is 1. The molecule has 1 heterocycles. The molecule has 0 spiro atoms. The molecule has 0 aliphatic heterocycles. The van der Waals surface area contributed by atoms with Crippen molar-refractivity contribution in [3.8, 4) is 11.5 Å². The first-order valence-electron chi connectivity index (χ1n) is 5.96. The molecule has 1 aromatic heterocycles. The molecule has 0 atom stereocenters. The van der Waals surface area contributed by atoms with Crippen LogP contribution in [-0.4, -0.2) is 22.9 Å². The molecule has 0 radical (unpaired) electrons. The molecule has 2 rings (SSSR count). The summed E-state index contributed by atoms with van der Waals surface area (Å²) in [5.41, 5.74) is 4.68. The molecule has 0 unspecified atom stereocenters. The largest absolute Gasteiger partial charge is 0.504 e. The van der Waals surface area contributed by atoms with E-state index in [4.69, 9.17) is 4.74 Å². The highest BCUT2D eigenvalue weighted by Crippen LogP contribution is 2.32. The minimum Gasteiger partial charge on any atom is -0.504 e. The zero-order chi connectivity index (χ0) is 14.5. The van der Waals surface area contributed by atoms with Crippen molar-refractivity contribution < 1.29 is 9.84 Å². The third-order valence-corrected chi connectivity index (χ3v) is 4.03. The fourth-order valence-corrected chi connectivity index (χ4v) is 2.76. The van der Waals surface area contributed by atoms with Crippen LogP contribution in [-0.2, 0) is 0 Å². The number of hydrogen-bond acceptors (Lipinski definition) is 6. The van der Waals surface area contributed by atoms with Crippen LogP contribution in [0.1, 0.15) is 18.2 Å². The van der Waals surface area contributed by atoms with Gasteiger partial charge in [-0.25, -0.2) is 4.98 Å². The summed E-state index contributed by atoms with van der Waals surface area (Å²) in [6.45, 7) is 4.31. The Morgan fingerprint density at radius 3 is 3.00 bits per heavy atom. The van der Waals surface area contributed by atoms with E-state index in [1.165, 1.54) is 11.3 Å². The number of halogens is 1. The highest BCUT2D eigenvalue weighted by atomic mass is 127. The second kappa shape index (κ2) is 6.89. The standard InChI is InChI=1S/C13H14IN3O2S/c1-3-19-11-5-9(4-10(14)12(11)18)6-15-17-13-16-8(2)7-20-13/h4-7,18H,3H2,1-2H3,(H,16,17). The number of aromatic hydroxyl groups is 1. The van der Waals surface area contributed by atoms with Crippen LogP contribution in [0.5, 0.6) is 11.5 Å². The summed E-state index contributed by atoms with van der Waals surface area (Å²) in [7, 11) is 0. The molecule has 0 saturated carbocycles. The molecule has 0 bridgehead atoms. The van der Waals surface area contributed by atoms with Crippen molar-refractivity contribution in [1.29, 1.82) is 0 Å².